The molecule has 1 amide bonds. The SMILES string of the molecule is CC(=O)N1CCCN(CC(O)COCC2CCCO2)CC1. The number of aliphatic hydroxyl groups is 1. The zero-order valence-corrected chi connectivity index (χ0v) is 13.0. The second-order valence-corrected chi connectivity index (χ2v) is 5.99. The first-order chi connectivity index (χ1) is 10.1. The van der Waals surface area contributed by atoms with Gasteiger partial charge in [0.15, 0.2) is 0 Å². The average Bonchev–Trinajstić information content (AvgIpc) is 2.84. The molecule has 0 aromatic rings. The quantitative estimate of drug-likeness (QED) is 0.754. The fourth-order valence-corrected chi connectivity index (χ4v) is 2.93. The summed E-state index contributed by atoms with van der Waals surface area (Å²) in [5.74, 6) is 0.136. The van der Waals surface area contributed by atoms with Crippen molar-refractivity contribution in [1.29, 1.82) is 0 Å². The second kappa shape index (κ2) is 8.68. The molecule has 21 heavy (non-hydrogen) atoms. The van der Waals surface area contributed by atoms with Gasteiger partial charge in [-0.15, -0.1) is 0 Å². The molecule has 122 valence electrons. The van der Waals surface area contributed by atoms with Crippen LogP contribution >= 0.6 is 0 Å². The number of ether oxygens (including phenoxy) is 2. The zero-order valence-electron chi connectivity index (χ0n) is 13.0. The summed E-state index contributed by atoms with van der Waals surface area (Å²) in [5.41, 5.74) is 0. The lowest BCUT2D eigenvalue weighted by molar-refractivity contribution is -0.128. The third-order valence-electron chi connectivity index (χ3n) is 4.14. The molecule has 0 bridgehead atoms. The normalized spacial score (nSPS) is 25.8. The number of amides is 1. The first-order valence-electron chi connectivity index (χ1n) is 8.00. The number of aliphatic hydroxyl groups excluding tert-OH is 1. The molecule has 0 aromatic carbocycles. The maximum Gasteiger partial charge on any atom is 0.219 e. The Morgan fingerprint density at radius 1 is 1.33 bits per heavy atom. The van der Waals surface area contributed by atoms with Crippen LogP contribution in [-0.4, -0.2) is 85.6 Å². The molecule has 2 heterocycles. The fourth-order valence-electron chi connectivity index (χ4n) is 2.93. The molecule has 0 aliphatic carbocycles. The van der Waals surface area contributed by atoms with Gasteiger partial charge in [-0.3, -0.25) is 9.69 Å². The van der Waals surface area contributed by atoms with Crippen molar-refractivity contribution in [3.05, 3.63) is 0 Å². The van der Waals surface area contributed by atoms with Crippen LogP contribution in [0, 0.1) is 0 Å². The summed E-state index contributed by atoms with van der Waals surface area (Å²) in [6.45, 7) is 7.30. The van der Waals surface area contributed by atoms with Gasteiger partial charge in [0.1, 0.15) is 0 Å². The Bertz CT molecular complexity index is 321. The predicted molar refractivity (Wildman–Crippen MR) is 79.1 cm³/mol. The molecule has 2 saturated heterocycles. The van der Waals surface area contributed by atoms with Gasteiger partial charge in [-0.1, -0.05) is 0 Å². The van der Waals surface area contributed by atoms with E-state index in [2.05, 4.69) is 4.90 Å². The Morgan fingerprint density at radius 2 is 2.19 bits per heavy atom. The van der Waals surface area contributed by atoms with Crippen LogP contribution in [0.3, 0.4) is 0 Å². The monoisotopic (exact) mass is 300 g/mol. The van der Waals surface area contributed by atoms with E-state index in [1.165, 1.54) is 0 Å². The number of carbonyl (C=O) groups excluding carboxylic acids is 1. The lowest BCUT2D eigenvalue weighted by Gasteiger charge is -2.24. The predicted octanol–water partition coefficient (Wildman–Crippen LogP) is 0.0971. The number of nitrogens with zero attached hydrogens (tertiary/aromatic N) is 2. The summed E-state index contributed by atoms with van der Waals surface area (Å²) in [6, 6.07) is 0. The summed E-state index contributed by atoms with van der Waals surface area (Å²) in [4.78, 5) is 15.5. The van der Waals surface area contributed by atoms with Crippen LogP contribution in [0.15, 0.2) is 0 Å². The Morgan fingerprint density at radius 3 is 2.90 bits per heavy atom. The molecule has 2 rings (SSSR count). The second-order valence-electron chi connectivity index (χ2n) is 5.99. The summed E-state index contributed by atoms with van der Waals surface area (Å²) in [7, 11) is 0. The summed E-state index contributed by atoms with van der Waals surface area (Å²) in [6.07, 6.45) is 2.86. The lowest BCUT2D eigenvalue weighted by atomic mass is 10.2. The molecule has 2 atom stereocenters. The number of β-amino-alcohol motifs (C(OH)–C–C–N with tert-alkyl or cyclic N) is 1. The third-order valence-corrected chi connectivity index (χ3v) is 4.14. The highest BCUT2D eigenvalue weighted by Gasteiger charge is 2.20. The number of carbonyl (C=O) groups is 1. The van der Waals surface area contributed by atoms with E-state index in [0.29, 0.717) is 19.8 Å². The summed E-state index contributed by atoms with van der Waals surface area (Å²) < 4.78 is 11.0. The maximum absolute atomic E-state index is 11.4. The molecule has 0 spiro atoms. The van der Waals surface area contributed by atoms with Crippen LogP contribution in [0.25, 0.3) is 0 Å². The van der Waals surface area contributed by atoms with Gasteiger partial charge in [0.2, 0.25) is 5.91 Å². The molecule has 0 saturated carbocycles. The van der Waals surface area contributed by atoms with Crippen molar-refractivity contribution < 1.29 is 19.4 Å². The molecular formula is C15H28N2O4. The Balaban J connectivity index is 1.60. The van der Waals surface area contributed by atoms with Gasteiger partial charge in [0.05, 0.1) is 25.4 Å². The van der Waals surface area contributed by atoms with E-state index in [-0.39, 0.29) is 12.0 Å². The largest absolute Gasteiger partial charge is 0.389 e. The van der Waals surface area contributed by atoms with E-state index in [0.717, 1.165) is 52.0 Å². The van der Waals surface area contributed by atoms with Gasteiger partial charge in [-0.2, -0.15) is 0 Å². The number of hydrogen-bond acceptors (Lipinski definition) is 5. The minimum Gasteiger partial charge on any atom is -0.389 e. The summed E-state index contributed by atoms with van der Waals surface area (Å²) >= 11 is 0. The lowest BCUT2D eigenvalue weighted by Crippen LogP contribution is -2.38. The topological polar surface area (TPSA) is 62.2 Å². The highest BCUT2D eigenvalue weighted by Crippen LogP contribution is 2.12. The van der Waals surface area contributed by atoms with Crippen LogP contribution in [0.1, 0.15) is 26.2 Å². The van der Waals surface area contributed by atoms with Crippen molar-refractivity contribution in [2.24, 2.45) is 0 Å². The molecule has 1 N–H and O–H groups in total. The van der Waals surface area contributed by atoms with Crippen LogP contribution in [0.4, 0.5) is 0 Å². The Hall–Kier alpha value is -0.690. The highest BCUT2D eigenvalue weighted by atomic mass is 16.5. The van der Waals surface area contributed by atoms with Gasteiger partial charge in [0.25, 0.3) is 0 Å². The van der Waals surface area contributed by atoms with E-state index in [4.69, 9.17) is 9.47 Å². The van der Waals surface area contributed by atoms with Crippen LogP contribution in [0.5, 0.6) is 0 Å². The average molecular weight is 300 g/mol. The van der Waals surface area contributed by atoms with Gasteiger partial charge >= 0.3 is 0 Å². The first-order valence-corrected chi connectivity index (χ1v) is 8.00. The minimum absolute atomic E-state index is 0.136. The molecule has 2 aliphatic rings. The maximum atomic E-state index is 11.4. The van der Waals surface area contributed by atoms with Crippen molar-refractivity contribution in [1.82, 2.24) is 9.80 Å². The Kier molecular flexibility index (Phi) is 6.89. The highest BCUT2D eigenvalue weighted by molar-refractivity contribution is 5.73. The van der Waals surface area contributed by atoms with Gasteiger partial charge in [-0.25, -0.2) is 0 Å². The van der Waals surface area contributed by atoms with Crippen LogP contribution in [-0.2, 0) is 14.3 Å². The summed E-state index contributed by atoms with van der Waals surface area (Å²) in [5, 5.41) is 10.1. The van der Waals surface area contributed by atoms with Gasteiger partial charge in [-0.05, 0) is 25.8 Å². The molecule has 0 radical (unpaired) electrons. The number of hydrogen-bond donors (Lipinski definition) is 1. The molecule has 2 unspecified atom stereocenters. The van der Waals surface area contributed by atoms with Crippen LogP contribution in [0.2, 0.25) is 0 Å². The van der Waals surface area contributed by atoms with Crippen molar-refractivity contribution >= 4 is 5.91 Å². The molecular weight excluding hydrogens is 272 g/mol. The van der Waals surface area contributed by atoms with Crippen molar-refractivity contribution in [3.63, 3.8) is 0 Å². The van der Waals surface area contributed by atoms with Crippen molar-refractivity contribution in [2.45, 2.75) is 38.4 Å². The van der Waals surface area contributed by atoms with Crippen molar-refractivity contribution in [3.8, 4) is 0 Å². The third kappa shape index (κ3) is 5.90. The van der Waals surface area contributed by atoms with Crippen LogP contribution < -0.4 is 0 Å². The fraction of sp³-hybridized carbons (Fsp3) is 0.933. The molecule has 6 nitrogen and oxygen atoms in total. The van der Waals surface area contributed by atoms with E-state index in [9.17, 15) is 9.90 Å². The molecule has 2 fully saturated rings. The minimum atomic E-state index is -0.477. The van der Waals surface area contributed by atoms with E-state index < -0.39 is 6.10 Å². The Labute approximate surface area is 127 Å². The van der Waals surface area contributed by atoms with E-state index >= 15 is 0 Å². The smallest absolute Gasteiger partial charge is 0.219 e. The van der Waals surface area contributed by atoms with Crippen molar-refractivity contribution in [2.75, 3.05) is 52.5 Å². The molecule has 2 aliphatic heterocycles. The van der Waals surface area contributed by atoms with Gasteiger partial charge in [0, 0.05) is 39.7 Å². The van der Waals surface area contributed by atoms with E-state index in [1.54, 1.807) is 6.92 Å². The molecule has 0 aromatic heterocycles. The molecule has 6 heteroatoms. The first kappa shape index (κ1) is 16.7. The number of rotatable bonds is 6. The van der Waals surface area contributed by atoms with E-state index in [1.807, 2.05) is 4.90 Å². The zero-order chi connectivity index (χ0) is 15.1. The van der Waals surface area contributed by atoms with Gasteiger partial charge < -0.3 is 19.5 Å². The standard InChI is InChI=1S/C15H28N2O4/c1-13(18)17-6-3-5-16(7-8-17)10-14(19)11-20-12-15-4-2-9-21-15/h14-15,19H,2-12H2,1H3.